The van der Waals surface area contributed by atoms with Gasteiger partial charge in [-0.3, -0.25) is 9.69 Å². The fourth-order valence-corrected chi connectivity index (χ4v) is 3.09. The average molecular weight is 397 g/mol. The molecule has 2 atom stereocenters. The van der Waals surface area contributed by atoms with Crippen LogP contribution in [0, 0.1) is 17.1 Å². The van der Waals surface area contributed by atoms with Crippen molar-refractivity contribution < 1.29 is 23.8 Å². The molecule has 1 saturated heterocycles. The summed E-state index contributed by atoms with van der Waals surface area (Å²) in [6, 6.07) is 13.0. The van der Waals surface area contributed by atoms with Gasteiger partial charge in [-0.25, -0.2) is 9.18 Å². The maximum Gasteiger partial charge on any atom is 0.414 e. The van der Waals surface area contributed by atoms with Crippen molar-refractivity contribution >= 4 is 17.7 Å². The van der Waals surface area contributed by atoms with Crippen molar-refractivity contribution in [1.82, 2.24) is 5.32 Å². The summed E-state index contributed by atoms with van der Waals surface area (Å²) in [6.07, 6.45) is -1.99. The molecule has 150 valence electrons. The number of aliphatic hydroxyl groups excluding tert-OH is 1. The Balaban J connectivity index is 1.74. The number of nitriles is 1. The Kier molecular flexibility index (Phi) is 6.10. The van der Waals surface area contributed by atoms with Gasteiger partial charge in [-0.1, -0.05) is 24.3 Å². The summed E-state index contributed by atoms with van der Waals surface area (Å²) in [4.78, 5) is 24.4. The highest BCUT2D eigenvalue weighted by atomic mass is 19.1. The zero-order chi connectivity index (χ0) is 21.0. The lowest BCUT2D eigenvalue weighted by Gasteiger charge is -2.15. The minimum Gasteiger partial charge on any atom is -0.442 e. The van der Waals surface area contributed by atoms with Crippen molar-refractivity contribution in [3.05, 3.63) is 53.8 Å². The van der Waals surface area contributed by atoms with Gasteiger partial charge in [-0.05, 0) is 29.3 Å². The zero-order valence-corrected chi connectivity index (χ0v) is 15.8. The number of halogens is 1. The maximum absolute atomic E-state index is 14.7. The number of anilines is 1. The highest BCUT2D eigenvalue weighted by Crippen LogP contribution is 2.30. The number of nitrogens with zero attached hydrogens (tertiary/aromatic N) is 2. The lowest BCUT2D eigenvalue weighted by atomic mass is 10.00. The number of hydrogen-bond donors (Lipinski definition) is 2. The number of rotatable bonds is 6. The van der Waals surface area contributed by atoms with Crippen molar-refractivity contribution in [3.8, 4) is 17.2 Å². The summed E-state index contributed by atoms with van der Waals surface area (Å²) < 4.78 is 19.9. The Hall–Kier alpha value is -3.44. The minimum atomic E-state index is -0.882. The number of nitrogens with one attached hydrogen (secondary N) is 1. The smallest absolute Gasteiger partial charge is 0.414 e. The van der Waals surface area contributed by atoms with Crippen molar-refractivity contribution in [1.29, 1.82) is 5.26 Å². The van der Waals surface area contributed by atoms with E-state index in [1.54, 1.807) is 36.4 Å². The predicted molar refractivity (Wildman–Crippen MR) is 103 cm³/mol. The molecule has 0 saturated carbocycles. The fraction of sp³-hybridized carbons (Fsp3) is 0.286. The molecular formula is C21H20FN3O4. The second kappa shape index (κ2) is 8.71. The molecule has 2 aromatic carbocycles. The molecule has 1 aliphatic heterocycles. The summed E-state index contributed by atoms with van der Waals surface area (Å²) in [5.74, 6) is -0.730. The van der Waals surface area contributed by atoms with Crippen molar-refractivity contribution in [3.63, 3.8) is 0 Å². The molecule has 2 aromatic rings. The average Bonchev–Trinajstić information content (AvgIpc) is 3.07. The van der Waals surface area contributed by atoms with Crippen LogP contribution in [0.4, 0.5) is 14.9 Å². The van der Waals surface area contributed by atoms with Gasteiger partial charge in [0.25, 0.3) is 0 Å². The van der Waals surface area contributed by atoms with E-state index >= 15 is 0 Å². The molecule has 0 unspecified atom stereocenters. The van der Waals surface area contributed by atoms with Gasteiger partial charge in [-0.15, -0.1) is 0 Å². The van der Waals surface area contributed by atoms with Gasteiger partial charge >= 0.3 is 6.09 Å². The first-order chi connectivity index (χ1) is 13.9. The van der Waals surface area contributed by atoms with Gasteiger partial charge in [-0.2, -0.15) is 5.26 Å². The Labute approximate surface area is 167 Å². The highest BCUT2D eigenvalue weighted by molar-refractivity contribution is 5.90. The monoisotopic (exact) mass is 397 g/mol. The number of amides is 2. The molecule has 1 fully saturated rings. The highest BCUT2D eigenvalue weighted by Gasteiger charge is 2.32. The zero-order valence-electron chi connectivity index (χ0n) is 15.8. The van der Waals surface area contributed by atoms with E-state index in [-0.39, 0.29) is 25.4 Å². The molecular weight excluding hydrogens is 377 g/mol. The van der Waals surface area contributed by atoms with Crippen LogP contribution in [0.1, 0.15) is 25.0 Å². The first-order valence-electron chi connectivity index (χ1n) is 9.06. The Morgan fingerprint density at radius 1 is 1.38 bits per heavy atom. The van der Waals surface area contributed by atoms with Crippen LogP contribution in [0.5, 0.6) is 0 Å². The van der Waals surface area contributed by atoms with E-state index in [2.05, 4.69) is 5.32 Å². The molecule has 1 heterocycles. The van der Waals surface area contributed by atoms with Gasteiger partial charge in [0.1, 0.15) is 11.9 Å². The van der Waals surface area contributed by atoms with Crippen LogP contribution in [0.3, 0.4) is 0 Å². The van der Waals surface area contributed by atoms with Gasteiger partial charge in [0.15, 0.2) is 0 Å². The van der Waals surface area contributed by atoms with Crippen LogP contribution in [0.2, 0.25) is 0 Å². The Morgan fingerprint density at radius 3 is 2.72 bits per heavy atom. The summed E-state index contributed by atoms with van der Waals surface area (Å²) in [5.41, 5.74) is 1.90. The molecule has 3 rings (SSSR count). The van der Waals surface area contributed by atoms with E-state index in [4.69, 9.17) is 10.00 Å². The Bertz CT molecular complexity index is 955. The molecule has 1 aliphatic rings. The third-order valence-electron chi connectivity index (χ3n) is 4.61. The van der Waals surface area contributed by atoms with Gasteiger partial charge in [0.2, 0.25) is 5.91 Å². The lowest BCUT2D eigenvalue weighted by molar-refractivity contribution is -0.119. The molecule has 0 aromatic heterocycles. The third-order valence-corrected chi connectivity index (χ3v) is 4.61. The largest absolute Gasteiger partial charge is 0.442 e. The van der Waals surface area contributed by atoms with E-state index in [1.165, 1.54) is 17.9 Å². The number of carbonyl (C=O) groups excluding carboxylic acids is 2. The molecule has 7 nitrogen and oxygen atoms in total. The molecule has 0 aliphatic carbocycles. The van der Waals surface area contributed by atoms with E-state index in [0.29, 0.717) is 22.4 Å². The van der Waals surface area contributed by atoms with Crippen molar-refractivity contribution in [2.24, 2.45) is 0 Å². The number of ether oxygens (including phenoxy) is 1. The standard InChI is InChI=1S/C21H20FN3O4/c1-13(26)24-11-17-12-25(21(28)29-17)16-6-7-18(19(22)10-16)14-2-4-15(5-3-14)20(27)8-9-23/h2-7,10,17,20,27H,8,11-12H2,1H3,(H,24,26)/t17-,20-/m0/s1. The third kappa shape index (κ3) is 4.70. The number of carbonyl (C=O) groups is 2. The van der Waals surface area contributed by atoms with Crippen LogP contribution in [-0.2, 0) is 9.53 Å². The number of cyclic esters (lactones) is 1. The summed E-state index contributed by atoms with van der Waals surface area (Å²) in [6.45, 7) is 1.78. The first-order valence-corrected chi connectivity index (χ1v) is 9.06. The summed E-state index contributed by atoms with van der Waals surface area (Å²) in [5, 5.41) is 21.1. The number of hydrogen-bond acceptors (Lipinski definition) is 5. The van der Waals surface area contributed by atoms with Crippen LogP contribution in [0.25, 0.3) is 11.1 Å². The van der Waals surface area contributed by atoms with Crippen LogP contribution in [0.15, 0.2) is 42.5 Å². The second-order valence-corrected chi connectivity index (χ2v) is 6.72. The van der Waals surface area contributed by atoms with E-state index in [9.17, 15) is 19.1 Å². The summed E-state index contributed by atoms with van der Waals surface area (Å²) in [7, 11) is 0. The van der Waals surface area contributed by atoms with Crippen molar-refractivity contribution in [2.75, 3.05) is 18.0 Å². The second-order valence-electron chi connectivity index (χ2n) is 6.72. The van der Waals surface area contributed by atoms with Gasteiger partial charge in [0.05, 0.1) is 37.4 Å². The quantitative estimate of drug-likeness (QED) is 0.780. The molecule has 8 heteroatoms. The Morgan fingerprint density at radius 2 is 2.10 bits per heavy atom. The molecule has 29 heavy (non-hydrogen) atoms. The maximum atomic E-state index is 14.7. The van der Waals surface area contributed by atoms with E-state index < -0.39 is 24.1 Å². The molecule has 0 radical (unpaired) electrons. The van der Waals surface area contributed by atoms with Crippen LogP contribution in [-0.4, -0.2) is 36.3 Å². The van der Waals surface area contributed by atoms with Crippen LogP contribution >= 0.6 is 0 Å². The topological polar surface area (TPSA) is 103 Å². The predicted octanol–water partition coefficient (Wildman–Crippen LogP) is 2.90. The SMILES string of the molecule is CC(=O)NC[C@H]1CN(c2ccc(-c3ccc([C@@H](O)CC#N)cc3)c(F)c2)C(=O)O1. The minimum absolute atomic E-state index is 0.0166. The van der Waals surface area contributed by atoms with Gasteiger partial charge < -0.3 is 15.2 Å². The molecule has 2 amide bonds. The number of benzene rings is 2. The van der Waals surface area contributed by atoms with Crippen LogP contribution < -0.4 is 10.2 Å². The lowest BCUT2D eigenvalue weighted by Crippen LogP contribution is -2.33. The molecule has 0 spiro atoms. The number of aliphatic hydroxyl groups is 1. The summed E-state index contributed by atoms with van der Waals surface area (Å²) >= 11 is 0. The van der Waals surface area contributed by atoms with E-state index in [1.807, 2.05) is 6.07 Å². The molecule has 0 bridgehead atoms. The van der Waals surface area contributed by atoms with Gasteiger partial charge in [0, 0.05) is 12.5 Å². The fourth-order valence-electron chi connectivity index (χ4n) is 3.09. The molecule has 2 N–H and O–H groups in total. The van der Waals surface area contributed by atoms with E-state index in [0.717, 1.165) is 0 Å². The van der Waals surface area contributed by atoms with Crippen molar-refractivity contribution in [2.45, 2.75) is 25.6 Å². The normalized spacial score (nSPS) is 16.8. The first kappa shape index (κ1) is 20.3.